The molecule has 0 aromatic rings. The molecule has 10 aliphatic rings. The highest BCUT2D eigenvalue weighted by Crippen LogP contribution is 2.52. The zero-order valence-corrected chi connectivity index (χ0v) is 37.3. The van der Waals surface area contributed by atoms with E-state index in [0.29, 0.717) is 48.3 Å². The molecular formula is C48H88O7. The van der Waals surface area contributed by atoms with Crippen molar-refractivity contribution in [3.05, 3.63) is 0 Å². The van der Waals surface area contributed by atoms with Crippen LogP contribution in [0.2, 0.25) is 0 Å². The summed E-state index contributed by atoms with van der Waals surface area (Å²) >= 11 is 0. The summed E-state index contributed by atoms with van der Waals surface area (Å²) in [5, 5.41) is 0. The summed E-state index contributed by atoms with van der Waals surface area (Å²) in [5.41, 5.74) is 0.309. The summed E-state index contributed by atoms with van der Waals surface area (Å²) in [7, 11) is 0. The average Bonchev–Trinajstić information content (AvgIpc) is 4.00. The lowest BCUT2D eigenvalue weighted by atomic mass is 9.76. The van der Waals surface area contributed by atoms with Gasteiger partial charge < -0.3 is 33.2 Å². The van der Waals surface area contributed by atoms with Crippen LogP contribution >= 0.6 is 0 Å². The minimum absolute atomic E-state index is 0.309. The van der Waals surface area contributed by atoms with Crippen LogP contribution in [0.4, 0.5) is 0 Å². The van der Waals surface area contributed by atoms with E-state index >= 15 is 0 Å². The van der Waals surface area contributed by atoms with Gasteiger partial charge in [0.1, 0.15) is 6.10 Å². The first-order valence-corrected chi connectivity index (χ1v) is 24.0. The van der Waals surface area contributed by atoms with Gasteiger partial charge in [0.25, 0.3) is 0 Å². The molecule has 5 aliphatic heterocycles. The summed E-state index contributed by atoms with van der Waals surface area (Å²) in [5.74, 6) is 7.97. The lowest BCUT2D eigenvalue weighted by molar-refractivity contribution is 0.0980. The fourth-order valence-corrected chi connectivity index (χ4v) is 9.77. The molecule has 16 unspecified atom stereocenters. The van der Waals surface area contributed by atoms with Gasteiger partial charge >= 0.3 is 0 Å². The van der Waals surface area contributed by atoms with Gasteiger partial charge in [-0.25, -0.2) is 0 Å². The van der Waals surface area contributed by atoms with E-state index in [1.807, 2.05) is 6.92 Å². The predicted octanol–water partition coefficient (Wildman–Crippen LogP) is 11.2. The molecule has 7 nitrogen and oxygen atoms in total. The second kappa shape index (κ2) is 22.9. The average molecular weight is 777 g/mol. The smallest absolute Gasteiger partial charge is 0.104 e. The summed E-state index contributed by atoms with van der Waals surface area (Å²) < 4.78 is 36.8. The van der Waals surface area contributed by atoms with Gasteiger partial charge in [0.2, 0.25) is 0 Å². The van der Waals surface area contributed by atoms with Crippen LogP contribution in [0.5, 0.6) is 0 Å². The lowest BCUT2D eigenvalue weighted by Gasteiger charge is -2.26. The zero-order chi connectivity index (χ0) is 39.4. The molecule has 16 atom stereocenters. The molecule has 5 saturated carbocycles. The van der Waals surface area contributed by atoms with Crippen LogP contribution in [-0.2, 0) is 33.2 Å². The Morgan fingerprint density at radius 3 is 1.67 bits per heavy atom. The van der Waals surface area contributed by atoms with Crippen molar-refractivity contribution in [3.63, 3.8) is 0 Å². The second-order valence-electron chi connectivity index (χ2n) is 19.4. The third kappa shape index (κ3) is 16.4. The van der Waals surface area contributed by atoms with Gasteiger partial charge in [-0.3, -0.25) is 0 Å². The van der Waals surface area contributed by atoms with E-state index in [9.17, 15) is 0 Å². The van der Waals surface area contributed by atoms with E-state index in [1.165, 1.54) is 102 Å². The maximum atomic E-state index is 5.69. The van der Waals surface area contributed by atoms with E-state index in [-0.39, 0.29) is 0 Å². The molecule has 0 N–H and O–H groups in total. The molecule has 0 aromatic heterocycles. The lowest BCUT2D eigenvalue weighted by Crippen LogP contribution is -2.24. The molecule has 0 spiro atoms. The van der Waals surface area contributed by atoms with Crippen molar-refractivity contribution in [2.24, 2.45) is 47.3 Å². The minimum Gasteiger partial charge on any atom is -0.381 e. The fraction of sp³-hybridized carbons (Fsp3) is 1.00. The molecule has 322 valence electrons. The summed E-state index contributed by atoms with van der Waals surface area (Å²) in [4.78, 5) is 0. The molecule has 7 heteroatoms. The Balaban J connectivity index is 0.000000129. The van der Waals surface area contributed by atoms with Crippen molar-refractivity contribution in [3.8, 4) is 0 Å². The van der Waals surface area contributed by atoms with Crippen LogP contribution in [0.15, 0.2) is 0 Å². The van der Waals surface area contributed by atoms with E-state index in [1.54, 1.807) is 19.3 Å². The maximum Gasteiger partial charge on any atom is 0.104 e. The molecule has 10 fully saturated rings. The van der Waals surface area contributed by atoms with E-state index in [0.717, 1.165) is 75.1 Å². The Bertz CT molecular complexity index is 1050. The fourth-order valence-electron chi connectivity index (χ4n) is 9.77. The van der Waals surface area contributed by atoms with Gasteiger partial charge in [0, 0.05) is 19.8 Å². The van der Waals surface area contributed by atoms with Crippen LogP contribution in [0, 0.1) is 47.3 Å². The Morgan fingerprint density at radius 2 is 1.16 bits per heavy atom. The first-order chi connectivity index (χ1) is 26.6. The van der Waals surface area contributed by atoms with Crippen LogP contribution < -0.4 is 0 Å². The summed E-state index contributed by atoms with van der Waals surface area (Å²) in [6.45, 7) is 25.5. The monoisotopic (exact) mass is 777 g/mol. The van der Waals surface area contributed by atoms with Crippen molar-refractivity contribution < 1.29 is 33.2 Å². The van der Waals surface area contributed by atoms with Crippen molar-refractivity contribution in [1.29, 1.82) is 0 Å². The van der Waals surface area contributed by atoms with E-state index in [4.69, 9.17) is 33.2 Å². The SMILES string of the molecule is CCC(C)C1CCC2(C)OC2C1.CCC(C)C1CCC2OC2C1.CCC1CCC2CC2C1.CCC1CO1.CCOCC1CCC2OC2C1.CCOCC1CO1. The first-order valence-electron chi connectivity index (χ1n) is 24.0. The predicted molar refractivity (Wildman–Crippen MR) is 224 cm³/mol. The molecule has 0 radical (unpaired) electrons. The van der Waals surface area contributed by atoms with Gasteiger partial charge in [0.05, 0.1) is 62.0 Å². The van der Waals surface area contributed by atoms with Crippen molar-refractivity contribution in [2.45, 2.75) is 220 Å². The molecule has 5 heterocycles. The van der Waals surface area contributed by atoms with Gasteiger partial charge in [-0.1, -0.05) is 67.2 Å². The normalized spacial score (nSPS) is 42.4. The van der Waals surface area contributed by atoms with Crippen molar-refractivity contribution in [2.75, 3.05) is 39.6 Å². The number of epoxide rings is 5. The Kier molecular flexibility index (Phi) is 19.1. The summed E-state index contributed by atoms with van der Waals surface area (Å²) in [6.07, 6.45) is 27.7. The number of fused-ring (bicyclic) bond motifs is 4. The zero-order valence-electron chi connectivity index (χ0n) is 37.3. The topological polar surface area (TPSA) is 81.1 Å². The standard InChI is InChI=1S/C11H20O.C10H18O.C9H16O2.C9H16.C5H10O2.C4H8O/c1-4-8(2)9-5-6-11(3)10(7-9)12-11;1-3-7(2)8-4-5-9-10(6-8)11-9;1-2-10-6-7-3-4-8-9(5-7)11-8;1-2-7-3-4-8-6-9(8)5-7;1-2-6-3-5-4-7-5;1-2-4-3-5-4/h8-10H,4-7H2,1-3H3;7-10H,3-6H2,1-2H3;7-9H,2-6H2,1H3;7-9H,2-6H2,1H3;5H,2-4H2,1H3;4H,2-3H2,1H3. The van der Waals surface area contributed by atoms with Gasteiger partial charge in [-0.15, -0.1) is 0 Å². The summed E-state index contributed by atoms with van der Waals surface area (Å²) in [6, 6.07) is 0. The number of rotatable bonds is 12. The molecule has 5 aliphatic carbocycles. The molecular weight excluding hydrogens is 689 g/mol. The number of hydrogen-bond acceptors (Lipinski definition) is 7. The van der Waals surface area contributed by atoms with E-state index < -0.39 is 0 Å². The Labute approximate surface area is 339 Å². The number of ether oxygens (including phenoxy) is 7. The molecule has 5 saturated heterocycles. The molecule has 55 heavy (non-hydrogen) atoms. The van der Waals surface area contributed by atoms with Crippen LogP contribution in [-0.4, -0.2) is 88.0 Å². The maximum absolute atomic E-state index is 5.69. The van der Waals surface area contributed by atoms with Gasteiger partial charge in [0.15, 0.2) is 0 Å². The second-order valence-corrected chi connectivity index (χ2v) is 19.4. The third-order valence-corrected chi connectivity index (χ3v) is 15.2. The van der Waals surface area contributed by atoms with Gasteiger partial charge in [-0.2, -0.15) is 0 Å². The van der Waals surface area contributed by atoms with E-state index in [2.05, 4.69) is 55.4 Å². The highest BCUT2D eigenvalue weighted by atomic mass is 16.6. The Morgan fingerprint density at radius 1 is 0.564 bits per heavy atom. The third-order valence-electron chi connectivity index (χ3n) is 15.2. The highest BCUT2D eigenvalue weighted by Gasteiger charge is 2.55. The minimum atomic E-state index is 0.309. The molecule has 0 aromatic carbocycles. The quantitative estimate of drug-likeness (QED) is 0.183. The largest absolute Gasteiger partial charge is 0.381 e. The first kappa shape index (κ1) is 45.8. The van der Waals surface area contributed by atoms with Crippen LogP contribution in [0.25, 0.3) is 0 Å². The molecule has 0 amide bonds. The molecule has 10 rings (SSSR count). The van der Waals surface area contributed by atoms with Crippen LogP contribution in [0.1, 0.15) is 171 Å². The molecule has 0 bridgehead atoms. The van der Waals surface area contributed by atoms with Crippen LogP contribution in [0.3, 0.4) is 0 Å². The van der Waals surface area contributed by atoms with Crippen molar-refractivity contribution >= 4 is 0 Å². The highest BCUT2D eigenvalue weighted by molar-refractivity contribution is 5.04. The Hall–Kier alpha value is -0.280. The number of hydrogen-bond donors (Lipinski definition) is 0. The van der Waals surface area contributed by atoms with Crippen molar-refractivity contribution in [1.82, 2.24) is 0 Å². The van der Waals surface area contributed by atoms with Gasteiger partial charge in [-0.05, 0) is 152 Å².